The molecule has 0 bridgehead atoms. The molecule has 2 heteroatoms. The van der Waals surface area contributed by atoms with Crippen LogP contribution < -0.4 is 0 Å². The highest BCUT2D eigenvalue weighted by atomic mass is 16.4. The number of hydrogen-bond acceptors (Lipinski definition) is 1. The minimum atomic E-state index is -0.621. The second kappa shape index (κ2) is 6.82. The summed E-state index contributed by atoms with van der Waals surface area (Å²) >= 11 is 0. The van der Waals surface area contributed by atoms with Crippen molar-refractivity contribution >= 4 is 5.97 Å². The molecule has 4 fully saturated rings. The Kier molecular flexibility index (Phi) is 4.93. The predicted octanol–water partition coefficient (Wildman–Crippen LogP) is 6.54. The van der Waals surface area contributed by atoms with Crippen LogP contribution in [0.25, 0.3) is 0 Å². The third kappa shape index (κ3) is 2.85. The van der Waals surface area contributed by atoms with E-state index in [-0.39, 0.29) is 0 Å². The summed E-state index contributed by atoms with van der Waals surface area (Å²) in [4.78, 5) is 11.0. The van der Waals surface area contributed by atoms with Gasteiger partial charge in [0, 0.05) is 6.42 Å². The molecule has 4 saturated carbocycles. The normalized spacial score (nSPS) is 49.0. The Morgan fingerprint density at radius 3 is 2.50 bits per heavy atom. The van der Waals surface area contributed by atoms with Gasteiger partial charge < -0.3 is 5.11 Å². The molecule has 8 atom stereocenters. The second-order valence-corrected chi connectivity index (χ2v) is 11.0. The lowest BCUT2D eigenvalue weighted by Crippen LogP contribution is -2.53. The van der Waals surface area contributed by atoms with Crippen LogP contribution in [0.4, 0.5) is 0 Å². The first kappa shape index (κ1) is 18.8. The maximum Gasteiger partial charge on any atom is 0.303 e. The summed E-state index contributed by atoms with van der Waals surface area (Å²) in [5.41, 5.74) is 1.12. The molecule has 26 heavy (non-hydrogen) atoms. The van der Waals surface area contributed by atoms with Gasteiger partial charge in [-0.1, -0.05) is 33.6 Å². The zero-order valence-corrected chi connectivity index (χ0v) is 17.3. The molecule has 0 aromatic heterocycles. The molecule has 0 aliphatic heterocycles. The Bertz CT molecular complexity index is 542. The maximum atomic E-state index is 11.0. The summed E-state index contributed by atoms with van der Waals surface area (Å²) in [6.45, 7) is 7.60. The topological polar surface area (TPSA) is 37.3 Å². The van der Waals surface area contributed by atoms with Crippen LogP contribution in [0.15, 0.2) is 0 Å². The van der Waals surface area contributed by atoms with Gasteiger partial charge in [0.25, 0.3) is 0 Å². The van der Waals surface area contributed by atoms with Crippen LogP contribution >= 0.6 is 0 Å². The van der Waals surface area contributed by atoms with E-state index in [0.29, 0.717) is 23.2 Å². The van der Waals surface area contributed by atoms with Gasteiger partial charge in [-0.15, -0.1) is 0 Å². The summed E-state index contributed by atoms with van der Waals surface area (Å²) in [7, 11) is 0. The highest BCUT2D eigenvalue weighted by Gasteiger charge is 2.60. The average Bonchev–Trinajstić information content (AvgIpc) is 2.96. The number of hydrogen-bond donors (Lipinski definition) is 1. The van der Waals surface area contributed by atoms with Crippen molar-refractivity contribution in [3.63, 3.8) is 0 Å². The van der Waals surface area contributed by atoms with Crippen molar-refractivity contribution in [3.05, 3.63) is 0 Å². The van der Waals surface area contributed by atoms with E-state index in [4.69, 9.17) is 5.11 Å². The van der Waals surface area contributed by atoms with E-state index in [0.717, 1.165) is 36.0 Å². The van der Waals surface area contributed by atoms with Gasteiger partial charge in [0.2, 0.25) is 0 Å². The number of aliphatic carboxylic acids is 1. The maximum absolute atomic E-state index is 11.0. The van der Waals surface area contributed by atoms with Gasteiger partial charge in [-0.25, -0.2) is 0 Å². The van der Waals surface area contributed by atoms with Crippen molar-refractivity contribution in [1.82, 2.24) is 0 Å². The van der Waals surface area contributed by atoms with E-state index >= 15 is 0 Å². The van der Waals surface area contributed by atoms with Gasteiger partial charge in [-0.2, -0.15) is 0 Å². The summed E-state index contributed by atoms with van der Waals surface area (Å²) in [6.07, 6.45) is 15.7. The fourth-order valence-electron chi connectivity index (χ4n) is 8.82. The predicted molar refractivity (Wildman–Crippen MR) is 106 cm³/mol. The standard InChI is InChI=1S/C24H40O2/c1-16(7-12-22(25)26)19-10-11-20-18-9-8-17-6-4-5-14-23(17,2)21(18)13-15-24(19,20)3/h16-21H,4-15H2,1-3H3,(H,25,26)/t16-,17?,18+,19-,20?,21?,23+,24-/m1/s1. The molecule has 1 N–H and O–H groups in total. The van der Waals surface area contributed by atoms with Crippen LogP contribution in [0.2, 0.25) is 0 Å². The molecule has 4 aliphatic rings. The fourth-order valence-corrected chi connectivity index (χ4v) is 8.82. The van der Waals surface area contributed by atoms with Crippen molar-refractivity contribution < 1.29 is 9.90 Å². The first-order valence-electron chi connectivity index (χ1n) is 11.6. The lowest BCUT2D eigenvalue weighted by Gasteiger charge is -2.61. The summed E-state index contributed by atoms with van der Waals surface area (Å²) in [5.74, 6) is 4.57. The van der Waals surface area contributed by atoms with Gasteiger partial charge in [-0.3, -0.25) is 4.79 Å². The number of rotatable bonds is 4. The van der Waals surface area contributed by atoms with Gasteiger partial charge in [0.15, 0.2) is 0 Å². The number of carbonyl (C=O) groups is 1. The van der Waals surface area contributed by atoms with E-state index in [1.807, 2.05) is 0 Å². The quantitative estimate of drug-likeness (QED) is 0.618. The monoisotopic (exact) mass is 360 g/mol. The van der Waals surface area contributed by atoms with Crippen molar-refractivity contribution in [2.75, 3.05) is 0 Å². The molecule has 4 rings (SSSR count). The molecule has 0 aromatic rings. The largest absolute Gasteiger partial charge is 0.481 e. The second-order valence-electron chi connectivity index (χ2n) is 11.0. The third-order valence-corrected chi connectivity index (χ3v) is 10.2. The summed E-state index contributed by atoms with van der Waals surface area (Å²) < 4.78 is 0. The minimum Gasteiger partial charge on any atom is -0.481 e. The van der Waals surface area contributed by atoms with Gasteiger partial charge in [0.1, 0.15) is 0 Å². The van der Waals surface area contributed by atoms with E-state index in [2.05, 4.69) is 20.8 Å². The highest BCUT2D eigenvalue weighted by molar-refractivity contribution is 5.66. The van der Waals surface area contributed by atoms with Crippen molar-refractivity contribution in [3.8, 4) is 0 Å². The van der Waals surface area contributed by atoms with Crippen molar-refractivity contribution in [2.45, 2.75) is 97.8 Å². The first-order chi connectivity index (χ1) is 12.4. The molecule has 0 amide bonds. The molecular weight excluding hydrogens is 320 g/mol. The lowest BCUT2D eigenvalue weighted by atomic mass is 9.44. The molecular formula is C24H40O2. The molecule has 4 aliphatic carbocycles. The van der Waals surface area contributed by atoms with Gasteiger partial charge >= 0.3 is 5.97 Å². The first-order valence-corrected chi connectivity index (χ1v) is 11.6. The smallest absolute Gasteiger partial charge is 0.303 e. The summed E-state index contributed by atoms with van der Waals surface area (Å²) in [5, 5.41) is 9.09. The zero-order valence-electron chi connectivity index (χ0n) is 17.3. The summed E-state index contributed by atoms with van der Waals surface area (Å²) in [6, 6.07) is 0. The molecule has 148 valence electrons. The molecule has 2 nitrogen and oxygen atoms in total. The van der Waals surface area contributed by atoms with Gasteiger partial charge in [-0.05, 0) is 104 Å². The molecule has 0 spiro atoms. The fraction of sp³-hybridized carbons (Fsp3) is 0.958. The lowest BCUT2D eigenvalue weighted by molar-refractivity contribution is -0.137. The molecule has 0 radical (unpaired) electrons. The minimum absolute atomic E-state index is 0.351. The number of carboxylic acid groups (broad SMARTS) is 1. The number of carboxylic acids is 1. The third-order valence-electron chi connectivity index (χ3n) is 10.2. The van der Waals surface area contributed by atoms with E-state index in [1.54, 1.807) is 0 Å². The Morgan fingerprint density at radius 2 is 1.73 bits per heavy atom. The average molecular weight is 361 g/mol. The molecule has 0 heterocycles. The van der Waals surface area contributed by atoms with Crippen LogP contribution in [-0.2, 0) is 4.79 Å². The van der Waals surface area contributed by atoms with Crippen molar-refractivity contribution in [1.29, 1.82) is 0 Å². The van der Waals surface area contributed by atoms with Crippen LogP contribution in [0.5, 0.6) is 0 Å². The van der Waals surface area contributed by atoms with Crippen molar-refractivity contribution in [2.24, 2.45) is 46.3 Å². The molecule has 3 unspecified atom stereocenters. The zero-order chi connectivity index (χ0) is 18.5. The van der Waals surface area contributed by atoms with Crippen LogP contribution in [0, 0.1) is 46.3 Å². The van der Waals surface area contributed by atoms with Crippen LogP contribution in [-0.4, -0.2) is 11.1 Å². The number of fused-ring (bicyclic) bond motifs is 5. The van der Waals surface area contributed by atoms with Crippen LogP contribution in [0.3, 0.4) is 0 Å². The Labute approximate surface area is 160 Å². The Balaban J connectivity index is 1.52. The van der Waals surface area contributed by atoms with E-state index < -0.39 is 5.97 Å². The van der Waals surface area contributed by atoms with E-state index in [1.165, 1.54) is 64.2 Å². The van der Waals surface area contributed by atoms with E-state index in [9.17, 15) is 4.79 Å². The van der Waals surface area contributed by atoms with Crippen LogP contribution in [0.1, 0.15) is 97.8 Å². The highest BCUT2D eigenvalue weighted by Crippen LogP contribution is 2.68. The SMILES string of the molecule is C[C@H](CCC(=O)O)[C@H]1CCC2[C@@H]3CCC4CCCC[C@]4(C)C3CC[C@@]21C. The molecule has 0 saturated heterocycles. The molecule has 0 aromatic carbocycles. The Hall–Kier alpha value is -0.530. The van der Waals surface area contributed by atoms with Gasteiger partial charge in [0.05, 0.1) is 0 Å². The Morgan fingerprint density at radius 1 is 0.962 bits per heavy atom.